The van der Waals surface area contributed by atoms with Crippen LogP contribution in [0.25, 0.3) is 0 Å². The smallest absolute Gasteiger partial charge is 0.306 e. The first-order valence-electron chi connectivity index (χ1n) is 14.3. The van der Waals surface area contributed by atoms with E-state index in [1.807, 2.05) is 6.92 Å². The number of rotatable bonds is 22. The van der Waals surface area contributed by atoms with Crippen LogP contribution in [0.5, 0.6) is 0 Å². The zero-order valence-corrected chi connectivity index (χ0v) is 23.2. The van der Waals surface area contributed by atoms with Crippen molar-refractivity contribution >= 4 is 5.97 Å². The lowest BCUT2D eigenvalue weighted by molar-refractivity contribution is -0.306. The van der Waals surface area contributed by atoms with Gasteiger partial charge in [0.1, 0.15) is 30.5 Å². The average Bonchev–Trinajstić information content (AvgIpc) is 2.90. The number of carbonyl (C=O) groups excluding carboxylic acids is 1. The molecule has 226 valence electrons. The molecule has 0 aromatic carbocycles. The molecule has 1 heterocycles. The van der Waals surface area contributed by atoms with E-state index in [-0.39, 0.29) is 26.1 Å². The van der Waals surface area contributed by atoms with Crippen molar-refractivity contribution < 1.29 is 54.4 Å². The Morgan fingerprint density at radius 1 is 0.842 bits per heavy atom. The molecule has 0 amide bonds. The van der Waals surface area contributed by atoms with Gasteiger partial charge in [0.15, 0.2) is 12.6 Å². The Balaban J connectivity index is 2.47. The summed E-state index contributed by atoms with van der Waals surface area (Å²) in [6.45, 7) is 3.00. The zero-order chi connectivity index (χ0) is 28.3. The third-order valence-corrected chi connectivity index (χ3v) is 6.67. The van der Waals surface area contributed by atoms with Gasteiger partial charge in [0.25, 0.3) is 0 Å². The van der Waals surface area contributed by atoms with Crippen molar-refractivity contribution in [1.82, 2.24) is 0 Å². The van der Waals surface area contributed by atoms with Crippen LogP contribution in [0.3, 0.4) is 0 Å². The van der Waals surface area contributed by atoms with Gasteiger partial charge in [-0.2, -0.15) is 0 Å². The maximum absolute atomic E-state index is 12.2. The molecule has 0 radical (unpaired) electrons. The molecule has 11 nitrogen and oxygen atoms in total. The molecular formula is C27H52O11. The molecule has 38 heavy (non-hydrogen) atoms. The maximum Gasteiger partial charge on any atom is 0.306 e. The summed E-state index contributed by atoms with van der Waals surface area (Å²) in [5, 5.41) is 59.8. The normalized spacial score (nSPS) is 26.2. The van der Waals surface area contributed by atoms with Gasteiger partial charge >= 0.3 is 5.97 Å². The third-order valence-electron chi connectivity index (χ3n) is 6.67. The molecule has 6 N–H and O–H groups in total. The number of aliphatic hydroxyl groups is 6. The lowest BCUT2D eigenvalue weighted by Crippen LogP contribution is -2.59. The standard InChI is InChI=1S/C27H52O11/c1-3-5-7-8-9-10-11-12-13-19(29)15-23(31)35-17-20(37-22(30)14-6-4-2)18-36-27-26(34)25(33)24(32)21(16-28)38-27/h19-21,23-29,31-34H,3-18H2,1-2H3/t19-,20-,21-,23?,24+,25+,26-,27-/m1/s1. The van der Waals surface area contributed by atoms with Crippen molar-refractivity contribution in [2.24, 2.45) is 0 Å². The monoisotopic (exact) mass is 552 g/mol. The Labute approximate surface area is 227 Å². The number of esters is 1. The molecule has 1 unspecified atom stereocenters. The second-order valence-corrected chi connectivity index (χ2v) is 10.2. The maximum atomic E-state index is 12.2. The van der Waals surface area contributed by atoms with Gasteiger partial charge in [0, 0.05) is 12.8 Å². The van der Waals surface area contributed by atoms with E-state index in [0.29, 0.717) is 12.8 Å². The predicted molar refractivity (Wildman–Crippen MR) is 139 cm³/mol. The topological polar surface area (TPSA) is 175 Å². The molecule has 1 aliphatic heterocycles. The molecule has 0 aromatic rings. The number of hydrogen-bond acceptors (Lipinski definition) is 11. The Bertz CT molecular complexity index is 591. The molecule has 0 aliphatic carbocycles. The second kappa shape index (κ2) is 20.9. The fraction of sp³-hybridized carbons (Fsp3) is 0.963. The molecule has 0 aromatic heterocycles. The summed E-state index contributed by atoms with van der Waals surface area (Å²) < 4.78 is 21.6. The van der Waals surface area contributed by atoms with Gasteiger partial charge in [0.2, 0.25) is 0 Å². The summed E-state index contributed by atoms with van der Waals surface area (Å²) in [5.41, 5.74) is 0. The molecule has 1 fully saturated rings. The Kier molecular flexibility index (Phi) is 19.4. The largest absolute Gasteiger partial charge is 0.457 e. The summed E-state index contributed by atoms with van der Waals surface area (Å²) >= 11 is 0. The van der Waals surface area contributed by atoms with Crippen molar-refractivity contribution in [2.75, 3.05) is 19.8 Å². The summed E-state index contributed by atoms with van der Waals surface area (Å²) in [5.74, 6) is -0.484. The first-order valence-corrected chi connectivity index (χ1v) is 14.3. The molecular weight excluding hydrogens is 500 g/mol. The van der Waals surface area contributed by atoms with Crippen LogP contribution in [0.1, 0.15) is 97.3 Å². The second-order valence-electron chi connectivity index (χ2n) is 10.2. The van der Waals surface area contributed by atoms with Crippen molar-refractivity contribution in [3.8, 4) is 0 Å². The summed E-state index contributed by atoms with van der Waals surface area (Å²) in [6, 6.07) is 0. The van der Waals surface area contributed by atoms with Crippen LogP contribution >= 0.6 is 0 Å². The van der Waals surface area contributed by atoms with E-state index in [4.69, 9.17) is 18.9 Å². The molecule has 1 saturated heterocycles. The molecule has 8 atom stereocenters. The van der Waals surface area contributed by atoms with E-state index in [9.17, 15) is 35.4 Å². The first-order chi connectivity index (χ1) is 18.2. The van der Waals surface area contributed by atoms with E-state index in [1.165, 1.54) is 32.1 Å². The summed E-state index contributed by atoms with van der Waals surface area (Å²) in [4.78, 5) is 12.2. The van der Waals surface area contributed by atoms with Crippen LogP contribution in [0.4, 0.5) is 0 Å². The predicted octanol–water partition coefficient (Wildman–Crippen LogP) is 1.52. The zero-order valence-electron chi connectivity index (χ0n) is 23.2. The van der Waals surface area contributed by atoms with Crippen LogP contribution in [0, 0.1) is 0 Å². The van der Waals surface area contributed by atoms with Gasteiger partial charge in [-0.1, -0.05) is 71.6 Å². The van der Waals surface area contributed by atoms with Gasteiger partial charge in [-0.05, 0) is 12.8 Å². The highest BCUT2D eigenvalue weighted by molar-refractivity contribution is 5.69. The van der Waals surface area contributed by atoms with Crippen LogP contribution in [0.2, 0.25) is 0 Å². The summed E-state index contributed by atoms with van der Waals surface area (Å²) in [7, 11) is 0. The van der Waals surface area contributed by atoms with Crippen LogP contribution in [-0.2, 0) is 23.7 Å². The average molecular weight is 553 g/mol. The van der Waals surface area contributed by atoms with Gasteiger partial charge in [-0.25, -0.2) is 0 Å². The van der Waals surface area contributed by atoms with E-state index in [2.05, 4.69) is 6.92 Å². The van der Waals surface area contributed by atoms with Crippen molar-refractivity contribution in [1.29, 1.82) is 0 Å². The number of hydrogen-bond donors (Lipinski definition) is 6. The van der Waals surface area contributed by atoms with Crippen molar-refractivity contribution in [2.45, 2.75) is 147 Å². The van der Waals surface area contributed by atoms with E-state index in [0.717, 1.165) is 25.7 Å². The highest BCUT2D eigenvalue weighted by Crippen LogP contribution is 2.22. The Morgan fingerprint density at radius 3 is 2.11 bits per heavy atom. The summed E-state index contributed by atoms with van der Waals surface area (Å²) in [6.07, 6.45) is 1.24. The van der Waals surface area contributed by atoms with Gasteiger partial charge in [-0.3, -0.25) is 4.79 Å². The number of aliphatic hydroxyl groups excluding tert-OH is 6. The Morgan fingerprint density at radius 2 is 1.47 bits per heavy atom. The SMILES string of the molecule is CCCCCCCCCC[C@@H](O)CC(O)OC[C@H](CO[C@@H]1O[C@H](CO)[C@H](O)[C@H](O)[C@H]1O)OC(=O)CCCC. The minimum atomic E-state index is -1.60. The molecule has 0 spiro atoms. The van der Waals surface area contributed by atoms with Gasteiger partial charge in [0.05, 0.1) is 25.9 Å². The minimum Gasteiger partial charge on any atom is -0.457 e. The molecule has 11 heteroatoms. The quantitative estimate of drug-likeness (QED) is 0.0652. The van der Waals surface area contributed by atoms with Crippen molar-refractivity contribution in [3.63, 3.8) is 0 Å². The van der Waals surface area contributed by atoms with Crippen LogP contribution in [0.15, 0.2) is 0 Å². The fourth-order valence-corrected chi connectivity index (χ4v) is 4.24. The van der Waals surface area contributed by atoms with Crippen LogP contribution in [-0.4, -0.2) is 106 Å². The fourth-order valence-electron chi connectivity index (χ4n) is 4.24. The molecule has 1 aliphatic rings. The van der Waals surface area contributed by atoms with Crippen LogP contribution < -0.4 is 0 Å². The van der Waals surface area contributed by atoms with Gasteiger partial charge in [-0.15, -0.1) is 0 Å². The molecule has 1 rings (SSSR count). The lowest BCUT2D eigenvalue weighted by atomic mass is 9.99. The first kappa shape index (κ1) is 35.1. The van der Waals surface area contributed by atoms with E-state index >= 15 is 0 Å². The van der Waals surface area contributed by atoms with E-state index < -0.39 is 61.8 Å². The van der Waals surface area contributed by atoms with Gasteiger partial charge < -0.3 is 49.6 Å². The number of unbranched alkanes of at least 4 members (excludes halogenated alkanes) is 8. The lowest BCUT2D eigenvalue weighted by Gasteiger charge is -2.39. The number of ether oxygens (including phenoxy) is 4. The van der Waals surface area contributed by atoms with E-state index in [1.54, 1.807) is 0 Å². The minimum absolute atomic E-state index is 0.0145. The number of carbonyl (C=O) groups is 1. The molecule has 0 bridgehead atoms. The highest BCUT2D eigenvalue weighted by atomic mass is 16.7. The third kappa shape index (κ3) is 14.5. The highest BCUT2D eigenvalue weighted by Gasteiger charge is 2.44. The van der Waals surface area contributed by atoms with Crippen molar-refractivity contribution in [3.05, 3.63) is 0 Å². The Hall–Kier alpha value is -0.890. The molecule has 0 saturated carbocycles.